The van der Waals surface area contributed by atoms with E-state index in [4.69, 9.17) is 5.73 Å². The standard InChI is InChI=1S/C53H91N3/c1-45(2)21-13-22-46(3)23-14-24-47(4)25-15-26-48(5)27-16-28-49(6)29-17-30-50(7)31-18-32-51(8)33-19-34-52(9)35-20-36-53(10)37-40-56-43-41-55(42-44-56)39-12-11-38-54/h21,23,25,27,29,31,33,35,37H,11-20,22,24,26,28,30,32,34,36,38-44,54H2,1-10H3/b46-23+,47-25+,48-27+,49-29+,50-31+,51-33+,52-35+,53-37+. The number of hydrogen-bond acceptors (Lipinski definition) is 3. The van der Waals surface area contributed by atoms with Gasteiger partial charge in [-0.25, -0.2) is 0 Å². The molecular formula is C53H91N3. The average molecular weight is 770 g/mol. The molecule has 318 valence electrons. The predicted molar refractivity (Wildman–Crippen MR) is 255 cm³/mol. The molecule has 1 heterocycles. The minimum atomic E-state index is 0.821. The van der Waals surface area contributed by atoms with E-state index in [0.717, 1.165) is 51.6 Å². The first-order valence-electron chi connectivity index (χ1n) is 22.9. The van der Waals surface area contributed by atoms with E-state index in [-0.39, 0.29) is 0 Å². The summed E-state index contributed by atoms with van der Waals surface area (Å²) in [6.45, 7) is 30.8. The van der Waals surface area contributed by atoms with Crippen LogP contribution in [0.2, 0.25) is 0 Å². The van der Waals surface area contributed by atoms with Gasteiger partial charge in [0.2, 0.25) is 0 Å². The van der Waals surface area contributed by atoms with Gasteiger partial charge in [-0.1, -0.05) is 105 Å². The molecule has 1 aliphatic heterocycles. The minimum Gasteiger partial charge on any atom is -0.330 e. The first-order valence-corrected chi connectivity index (χ1v) is 22.9. The fraction of sp³-hybridized carbons (Fsp3) is 0.660. The van der Waals surface area contributed by atoms with E-state index in [1.807, 2.05) is 0 Å². The summed E-state index contributed by atoms with van der Waals surface area (Å²) in [6.07, 6.45) is 43.2. The van der Waals surface area contributed by atoms with Gasteiger partial charge in [0.1, 0.15) is 0 Å². The number of hydrogen-bond donors (Lipinski definition) is 1. The summed E-state index contributed by atoms with van der Waals surface area (Å²) in [7, 11) is 0. The molecule has 0 radical (unpaired) electrons. The van der Waals surface area contributed by atoms with Crippen molar-refractivity contribution in [3.63, 3.8) is 0 Å². The van der Waals surface area contributed by atoms with Gasteiger partial charge in [0.05, 0.1) is 0 Å². The zero-order chi connectivity index (χ0) is 41.4. The third-order valence-electron chi connectivity index (χ3n) is 11.4. The number of nitrogens with two attached hydrogens (primary N) is 1. The second-order valence-electron chi connectivity index (χ2n) is 17.6. The molecule has 0 spiro atoms. The fourth-order valence-electron chi connectivity index (χ4n) is 7.19. The van der Waals surface area contributed by atoms with E-state index in [2.05, 4.69) is 134 Å². The number of allylic oxidation sites excluding steroid dienone is 17. The Kier molecular flexibility index (Phi) is 30.8. The summed E-state index contributed by atoms with van der Waals surface area (Å²) in [5.74, 6) is 0. The Balaban J connectivity index is 2.20. The molecule has 3 heteroatoms. The van der Waals surface area contributed by atoms with Crippen LogP contribution in [0.3, 0.4) is 0 Å². The third kappa shape index (κ3) is 30.6. The van der Waals surface area contributed by atoms with Gasteiger partial charge in [-0.15, -0.1) is 0 Å². The van der Waals surface area contributed by atoms with Crippen LogP contribution in [0.5, 0.6) is 0 Å². The average Bonchev–Trinajstić information content (AvgIpc) is 3.14. The van der Waals surface area contributed by atoms with Crippen LogP contribution in [0, 0.1) is 0 Å². The van der Waals surface area contributed by atoms with Crippen LogP contribution >= 0.6 is 0 Å². The maximum atomic E-state index is 5.65. The summed E-state index contributed by atoms with van der Waals surface area (Å²) in [5.41, 5.74) is 19.3. The maximum absolute atomic E-state index is 5.65. The van der Waals surface area contributed by atoms with Gasteiger partial charge in [-0.05, 0) is 198 Å². The predicted octanol–water partition coefficient (Wildman–Crippen LogP) is 15.1. The van der Waals surface area contributed by atoms with Gasteiger partial charge in [0.25, 0.3) is 0 Å². The van der Waals surface area contributed by atoms with Gasteiger partial charge >= 0.3 is 0 Å². The van der Waals surface area contributed by atoms with Crippen molar-refractivity contribution in [1.29, 1.82) is 0 Å². The van der Waals surface area contributed by atoms with Crippen LogP contribution in [0.15, 0.2) is 105 Å². The highest BCUT2D eigenvalue weighted by atomic mass is 15.3. The highest BCUT2D eigenvalue weighted by Gasteiger charge is 2.15. The summed E-state index contributed by atoms with van der Waals surface area (Å²) < 4.78 is 0. The van der Waals surface area contributed by atoms with E-state index < -0.39 is 0 Å². The van der Waals surface area contributed by atoms with Crippen molar-refractivity contribution < 1.29 is 0 Å². The van der Waals surface area contributed by atoms with E-state index in [1.165, 1.54) is 160 Å². The highest BCUT2D eigenvalue weighted by molar-refractivity contribution is 5.11. The van der Waals surface area contributed by atoms with Gasteiger partial charge in [-0.3, -0.25) is 4.90 Å². The molecule has 56 heavy (non-hydrogen) atoms. The van der Waals surface area contributed by atoms with Crippen LogP contribution < -0.4 is 5.73 Å². The van der Waals surface area contributed by atoms with Crippen molar-refractivity contribution in [2.24, 2.45) is 5.73 Å². The molecular weight excluding hydrogens is 679 g/mol. The smallest absolute Gasteiger partial charge is 0.0166 e. The van der Waals surface area contributed by atoms with Crippen LogP contribution in [-0.2, 0) is 0 Å². The molecule has 1 fully saturated rings. The molecule has 3 nitrogen and oxygen atoms in total. The van der Waals surface area contributed by atoms with E-state index in [9.17, 15) is 0 Å². The molecule has 0 atom stereocenters. The molecule has 1 saturated heterocycles. The number of piperazine rings is 1. The molecule has 0 aromatic carbocycles. The van der Waals surface area contributed by atoms with Gasteiger partial charge in [0, 0.05) is 32.7 Å². The topological polar surface area (TPSA) is 32.5 Å². The lowest BCUT2D eigenvalue weighted by Gasteiger charge is -2.34. The second-order valence-corrected chi connectivity index (χ2v) is 17.6. The number of unbranched alkanes of at least 4 members (excludes halogenated alkanes) is 1. The quantitative estimate of drug-likeness (QED) is 0.0583. The summed E-state index contributed by atoms with van der Waals surface area (Å²) in [5, 5.41) is 0. The molecule has 0 aromatic rings. The lowest BCUT2D eigenvalue weighted by molar-refractivity contribution is 0.141. The van der Waals surface area contributed by atoms with E-state index in [0.29, 0.717) is 0 Å². The van der Waals surface area contributed by atoms with Crippen molar-refractivity contribution in [2.75, 3.05) is 45.8 Å². The van der Waals surface area contributed by atoms with Gasteiger partial charge < -0.3 is 10.6 Å². The zero-order valence-electron chi connectivity index (χ0n) is 38.8. The van der Waals surface area contributed by atoms with E-state index >= 15 is 0 Å². The second kappa shape index (κ2) is 33.5. The van der Waals surface area contributed by atoms with Crippen LogP contribution in [-0.4, -0.2) is 55.6 Å². The van der Waals surface area contributed by atoms with E-state index in [1.54, 1.807) is 0 Å². The Labute approximate surface area is 349 Å². The van der Waals surface area contributed by atoms with Crippen molar-refractivity contribution in [3.8, 4) is 0 Å². The lowest BCUT2D eigenvalue weighted by atomic mass is 10.0. The largest absolute Gasteiger partial charge is 0.330 e. The third-order valence-corrected chi connectivity index (χ3v) is 11.4. The lowest BCUT2D eigenvalue weighted by Crippen LogP contribution is -2.46. The molecule has 0 bridgehead atoms. The van der Waals surface area contributed by atoms with Crippen molar-refractivity contribution in [2.45, 2.75) is 185 Å². The maximum Gasteiger partial charge on any atom is 0.0166 e. The Morgan fingerprint density at radius 3 is 0.911 bits per heavy atom. The SMILES string of the molecule is CC(C)=CCC/C(C)=C/CC/C(C)=C/CC/C(C)=C/CC/C(C)=C/CC/C(C)=C/CC/C(C)=C/CC/C(C)=C/CC/C(C)=C/CN1CCN(CCCCN)CC1. The monoisotopic (exact) mass is 770 g/mol. The molecule has 0 unspecified atom stereocenters. The van der Waals surface area contributed by atoms with Crippen molar-refractivity contribution >= 4 is 0 Å². The zero-order valence-corrected chi connectivity index (χ0v) is 38.8. The molecule has 2 N–H and O–H groups in total. The summed E-state index contributed by atoms with van der Waals surface area (Å²) in [4.78, 5) is 5.21. The Bertz CT molecular complexity index is 1330. The van der Waals surface area contributed by atoms with Crippen molar-refractivity contribution in [3.05, 3.63) is 105 Å². The minimum absolute atomic E-state index is 0.821. The van der Waals surface area contributed by atoms with Crippen LogP contribution in [0.25, 0.3) is 0 Å². The first-order chi connectivity index (χ1) is 26.9. The van der Waals surface area contributed by atoms with Crippen molar-refractivity contribution in [1.82, 2.24) is 9.80 Å². The first kappa shape index (κ1) is 51.6. The molecule has 1 rings (SSSR count). The molecule has 0 aliphatic carbocycles. The molecule has 0 amide bonds. The highest BCUT2D eigenvalue weighted by Crippen LogP contribution is 2.18. The molecule has 0 saturated carbocycles. The fourth-order valence-corrected chi connectivity index (χ4v) is 7.19. The Morgan fingerprint density at radius 2 is 0.625 bits per heavy atom. The van der Waals surface area contributed by atoms with Crippen LogP contribution in [0.1, 0.15) is 185 Å². The van der Waals surface area contributed by atoms with Crippen LogP contribution in [0.4, 0.5) is 0 Å². The van der Waals surface area contributed by atoms with Gasteiger partial charge in [0.15, 0.2) is 0 Å². The molecule has 0 aromatic heterocycles. The number of nitrogens with zero attached hydrogens (tertiary/aromatic N) is 2. The Morgan fingerprint density at radius 1 is 0.357 bits per heavy atom. The molecule has 1 aliphatic rings. The van der Waals surface area contributed by atoms with Gasteiger partial charge in [-0.2, -0.15) is 0 Å². The summed E-state index contributed by atoms with van der Waals surface area (Å²) in [6, 6.07) is 0. The number of rotatable bonds is 30. The Hall–Kier alpha value is -2.46. The summed E-state index contributed by atoms with van der Waals surface area (Å²) >= 11 is 0. The normalized spacial score (nSPS) is 16.6.